The Hall–Kier alpha value is -6.94. The molecule has 482 valence electrons. The van der Waals surface area contributed by atoms with E-state index in [0.717, 1.165) is 117 Å². The van der Waals surface area contributed by atoms with Gasteiger partial charge in [0.25, 0.3) is 11.1 Å². The van der Waals surface area contributed by atoms with Gasteiger partial charge < -0.3 is 54.9 Å². The van der Waals surface area contributed by atoms with Gasteiger partial charge in [0.1, 0.15) is 11.6 Å². The highest BCUT2D eigenvalue weighted by Crippen LogP contribution is 2.40. The lowest BCUT2D eigenvalue weighted by Crippen LogP contribution is -2.52. The zero-order valence-corrected chi connectivity index (χ0v) is 54.4. The first kappa shape index (κ1) is 68.0. The Morgan fingerprint density at radius 3 is 1.46 bits per heavy atom. The number of hydrogen-bond donors (Lipinski definition) is 4. The Kier molecular flexibility index (Phi) is 23.1. The summed E-state index contributed by atoms with van der Waals surface area (Å²) in [6.45, 7) is 32.8. The Labute approximate surface area is 525 Å². The highest BCUT2D eigenvalue weighted by Gasteiger charge is 2.41. The van der Waals surface area contributed by atoms with Gasteiger partial charge in [-0.05, 0) is 107 Å². The van der Waals surface area contributed by atoms with Gasteiger partial charge in [-0.3, -0.25) is 33.7 Å². The maximum absolute atomic E-state index is 13.2. The first-order valence-corrected chi connectivity index (χ1v) is 31.8. The van der Waals surface area contributed by atoms with E-state index < -0.39 is 0 Å². The SMILES string of the molecule is CC1(C)CN(C=O)c2cc(Cc3ccc(F)cc3)c(=O)[nH]c21.CC1CN(C(=O)Cc2cccc(CC(=O)N3CCN(C)C(C)C3)c2)CCN1C.CC1CN(CC(=O)N2CC(C)(C)c3[nH]c(=O)c(Cc4ccc(F)cc4)cc32)CCN1.CCN1CCNC(C)C1. The zero-order chi connectivity index (χ0) is 64.3. The molecule has 0 radical (unpaired) electrons. The van der Waals surface area contributed by atoms with E-state index in [1.807, 2.05) is 72.7 Å². The molecule has 20 heteroatoms. The molecule has 4 amide bonds. The van der Waals surface area contributed by atoms with Crippen molar-refractivity contribution >= 4 is 35.5 Å². The van der Waals surface area contributed by atoms with Crippen molar-refractivity contribution in [1.82, 2.24) is 50.0 Å². The lowest BCUT2D eigenvalue weighted by molar-refractivity contribution is -0.133. The maximum atomic E-state index is 13.2. The fourth-order valence-corrected chi connectivity index (χ4v) is 12.7. The van der Waals surface area contributed by atoms with Crippen molar-refractivity contribution in [2.45, 2.75) is 123 Å². The number of halogens is 2. The number of aromatic nitrogens is 2. The number of H-pyrrole nitrogens is 2. The number of benzene rings is 3. The highest BCUT2D eigenvalue weighted by molar-refractivity contribution is 5.97. The molecule has 89 heavy (non-hydrogen) atoms. The van der Waals surface area contributed by atoms with Crippen LogP contribution in [0.15, 0.2) is 94.5 Å². The minimum atomic E-state index is -0.324. The van der Waals surface area contributed by atoms with Gasteiger partial charge in [0.2, 0.25) is 24.1 Å². The quantitative estimate of drug-likeness (QED) is 0.111. The standard InChI is InChI=1S/C23H29FN4O2.C22H34N4O2.C17H17FN2O2.C7H16N2/c1-15-12-27(9-8-25-15)13-20(29)28-14-23(2,3)21-19(28)11-17(22(30)26-21)10-16-4-6-18(24)7-5-16;1-17-15-25(10-8-23(17)3)21(27)13-19-6-5-7-20(12-19)14-22(28)26-11-9-24(4)18(2)16-26;1-17(2)9-20(10-21)14-8-12(16(22)19-15(14)17)7-11-3-5-13(18)6-4-11;1-3-9-5-4-8-7(2)6-9/h4-7,11,15,25H,8-10,12-14H2,1-3H3,(H,26,30);5-7,12,17-18H,8-11,13-16H2,1-4H3;3-6,8,10H,7,9H2,1-2H3,(H,19,22);7-8H,3-6H2,1-2H3. The maximum Gasteiger partial charge on any atom is 0.251 e. The van der Waals surface area contributed by atoms with Crippen molar-refractivity contribution in [1.29, 1.82) is 0 Å². The van der Waals surface area contributed by atoms with Gasteiger partial charge in [0.05, 0.1) is 30.8 Å². The number of pyridine rings is 2. The van der Waals surface area contributed by atoms with Crippen molar-refractivity contribution in [3.63, 3.8) is 0 Å². The first-order valence-electron chi connectivity index (χ1n) is 31.8. The number of carbonyl (C=O) groups is 4. The number of fused-ring (bicyclic) bond motifs is 2. The third kappa shape index (κ3) is 18.2. The molecule has 0 saturated carbocycles. The minimum Gasteiger partial charge on any atom is -0.340 e. The van der Waals surface area contributed by atoms with Gasteiger partial charge in [-0.1, -0.05) is 83.1 Å². The van der Waals surface area contributed by atoms with E-state index in [-0.39, 0.29) is 51.3 Å². The molecule has 4 saturated heterocycles. The van der Waals surface area contributed by atoms with Crippen molar-refractivity contribution in [3.8, 4) is 0 Å². The molecule has 4 unspecified atom stereocenters. The fourth-order valence-electron chi connectivity index (χ4n) is 12.7. The second-order valence-corrected chi connectivity index (χ2v) is 26.7. The van der Waals surface area contributed by atoms with Crippen LogP contribution in [0.2, 0.25) is 0 Å². The number of piperazine rings is 4. The average Bonchev–Trinajstić information content (AvgIpc) is 1.64. The second kappa shape index (κ2) is 30.2. The highest BCUT2D eigenvalue weighted by atomic mass is 19.1. The molecule has 5 aromatic rings. The molecule has 6 aliphatic rings. The molecule has 11 rings (SSSR count). The van der Waals surface area contributed by atoms with Crippen molar-refractivity contribution in [3.05, 3.63) is 162 Å². The summed E-state index contributed by atoms with van der Waals surface area (Å²) < 4.78 is 26.2. The largest absolute Gasteiger partial charge is 0.340 e. The second-order valence-electron chi connectivity index (χ2n) is 26.7. The smallest absolute Gasteiger partial charge is 0.251 e. The molecule has 0 aliphatic carbocycles. The summed E-state index contributed by atoms with van der Waals surface area (Å²) in [6, 6.07) is 25.6. The van der Waals surface area contributed by atoms with Crippen molar-refractivity contribution < 1.29 is 28.0 Å². The van der Waals surface area contributed by atoms with E-state index >= 15 is 0 Å². The fraction of sp³-hybridized carbons (Fsp3) is 0.536. The Balaban J connectivity index is 0.000000162. The van der Waals surface area contributed by atoms with E-state index in [1.54, 1.807) is 35.2 Å². The van der Waals surface area contributed by atoms with E-state index in [1.165, 1.54) is 43.9 Å². The van der Waals surface area contributed by atoms with Gasteiger partial charge >= 0.3 is 0 Å². The molecule has 4 N–H and O–H groups in total. The van der Waals surface area contributed by atoms with E-state index in [4.69, 9.17) is 0 Å². The van der Waals surface area contributed by atoms with Crippen LogP contribution in [0.4, 0.5) is 20.2 Å². The van der Waals surface area contributed by atoms with Gasteiger partial charge in [-0.25, -0.2) is 8.78 Å². The van der Waals surface area contributed by atoms with Crippen LogP contribution in [0.25, 0.3) is 0 Å². The van der Waals surface area contributed by atoms with Crippen LogP contribution in [-0.4, -0.2) is 206 Å². The van der Waals surface area contributed by atoms with Crippen molar-refractivity contribution in [2.24, 2.45) is 0 Å². The summed E-state index contributed by atoms with van der Waals surface area (Å²) in [6.07, 6.45) is 2.39. The predicted octanol–water partition coefficient (Wildman–Crippen LogP) is 5.78. The first-order chi connectivity index (χ1) is 42.3. The lowest BCUT2D eigenvalue weighted by atomic mass is 9.91. The number of carbonyl (C=O) groups excluding carboxylic acids is 4. The molecule has 2 aromatic heterocycles. The van der Waals surface area contributed by atoms with Crippen LogP contribution in [0, 0.1) is 11.6 Å². The lowest BCUT2D eigenvalue weighted by Gasteiger charge is -2.38. The van der Waals surface area contributed by atoms with E-state index in [2.05, 4.69) is 88.9 Å². The van der Waals surface area contributed by atoms with Crippen LogP contribution < -0.4 is 31.6 Å². The molecule has 6 aliphatic heterocycles. The summed E-state index contributed by atoms with van der Waals surface area (Å²) in [5.41, 5.74) is 7.03. The molecule has 4 fully saturated rings. The number of rotatable bonds is 12. The van der Waals surface area contributed by atoms with Crippen LogP contribution in [0.5, 0.6) is 0 Å². The van der Waals surface area contributed by atoms with Crippen LogP contribution in [-0.2, 0) is 55.7 Å². The third-order valence-electron chi connectivity index (χ3n) is 18.4. The Morgan fingerprint density at radius 2 is 1.01 bits per heavy atom. The Morgan fingerprint density at radius 1 is 0.562 bits per heavy atom. The van der Waals surface area contributed by atoms with Gasteiger partial charge in [-0.15, -0.1) is 0 Å². The van der Waals surface area contributed by atoms with Crippen LogP contribution in [0.1, 0.15) is 107 Å². The summed E-state index contributed by atoms with van der Waals surface area (Å²) >= 11 is 0. The molecule has 0 bridgehead atoms. The predicted molar refractivity (Wildman–Crippen MR) is 349 cm³/mol. The van der Waals surface area contributed by atoms with E-state index in [9.17, 15) is 37.5 Å². The van der Waals surface area contributed by atoms with Crippen LogP contribution in [0.3, 0.4) is 0 Å². The summed E-state index contributed by atoms with van der Waals surface area (Å²) in [5.74, 6) is -0.203. The van der Waals surface area contributed by atoms with Crippen molar-refractivity contribution in [2.75, 3.05) is 129 Å². The number of nitrogens with zero attached hydrogens (tertiary/aromatic N) is 8. The zero-order valence-electron chi connectivity index (χ0n) is 54.4. The number of aromatic amines is 2. The molecule has 3 aromatic carbocycles. The molecular formula is C69H96F2N12O6. The van der Waals surface area contributed by atoms with Gasteiger partial charge in [-0.2, -0.15) is 0 Å². The number of likely N-dealkylation sites (N-methyl/N-ethyl adjacent to an activating group) is 3. The molecular weight excluding hydrogens is 1130 g/mol. The monoisotopic (exact) mass is 1230 g/mol. The van der Waals surface area contributed by atoms with Gasteiger partial charge in [0, 0.05) is 162 Å². The van der Waals surface area contributed by atoms with E-state index in [0.29, 0.717) is 80.6 Å². The average molecular weight is 1230 g/mol. The summed E-state index contributed by atoms with van der Waals surface area (Å²) in [5, 5.41) is 6.80. The number of nitrogens with one attached hydrogen (secondary N) is 4. The summed E-state index contributed by atoms with van der Waals surface area (Å²) in [4.78, 5) is 97.4. The number of amides is 4. The number of hydrogen-bond acceptors (Lipinski definition) is 12. The van der Waals surface area contributed by atoms with Crippen LogP contribution >= 0.6 is 0 Å². The topological polar surface area (TPSA) is 184 Å². The van der Waals surface area contributed by atoms with Gasteiger partial charge in [0.15, 0.2) is 0 Å². The normalized spacial score (nSPS) is 21.7. The molecule has 4 atom stereocenters. The molecule has 0 spiro atoms. The Bertz CT molecular complexity index is 3300. The molecule has 18 nitrogen and oxygen atoms in total. The third-order valence-corrected chi connectivity index (χ3v) is 18.4. The summed E-state index contributed by atoms with van der Waals surface area (Å²) in [7, 11) is 4.21. The number of anilines is 2. The molecule has 8 heterocycles. The minimum absolute atomic E-state index is 0.0516.